The molecule has 2 aromatic heterocycles. The zero-order valence-corrected chi connectivity index (χ0v) is 17.8. The highest BCUT2D eigenvalue weighted by Crippen LogP contribution is 2.24. The molecule has 2 heterocycles. The minimum atomic E-state index is -0.830. The van der Waals surface area contributed by atoms with Crippen LogP contribution in [0.25, 0.3) is 5.69 Å². The predicted octanol–water partition coefficient (Wildman–Crippen LogP) is 1.28. The van der Waals surface area contributed by atoms with Gasteiger partial charge in [0.15, 0.2) is 10.9 Å². The van der Waals surface area contributed by atoms with Gasteiger partial charge in [0.2, 0.25) is 0 Å². The number of carbonyl (C=O) groups excluding carboxylic acids is 1. The Morgan fingerprint density at radius 2 is 2.13 bits per heavy atom. The van der Waals surface area contributed by atoms with Crippen LogP contribution in [-0.4, -0.2) is 49.6 Å². The van der Waals surface area contributed by atoms with Gasteiger partial charge in [-0.05, 0) is 24.6 Å². The molecule has 0 unspecified atom stereocenters. The lowest BCUT2D eigenvalue weighted by Gasteiger charge is -2.11. The van der Waals surface area contributed by atoms with Crippen LogP contribution in [0, 0.1) is 6.92 Å². The first-order valence-electron chi connectivity index (χ1n) is 8.77. The number of hydrogen-bond donors (Lipinski definition) is 2. The molecule has 3 aromatic rings. The fraction of sp³-hybridized carbons (Fsp3) is 0.278. The Hall–Kier alpha value is -2.89. The van der Waals surface area contributed by atoms with E-state index in [1.807, 2.05) is 19.1 Å². The molecule has 1 aromatic carbocycles. The monoisotopic (exact) mass is 450 g/mol. The number of halogens is 1. The van der Waals surface area contributed by atoms with E-state index in [1.54, 1.807) is 10.6 Å². The Balaban J connectivity index is 1.84. The van der Waals surface area contributed by atoms with Crippen LogP contribution in [0.2, 0.25) is 5.02 Å². The van der Waals surface area contributed by atoms with Crippen LogP contribution < -0.4 is 17.0 Å². The number of benzene rings is 1. The summed E-state index contributed by atoms with van der Waals surface area (Å²) in [6.07, 6.45) is 1.50. The third kappa shape index (κ3) is 4.48. The number of nitrogens with two attached hydrogens (primary N) is 1. The van der Waals surface area contributed by atoms with Crippen molar-refractivity contribution in [3.63, 3.8) is 0 Å². The molecule has 0 saturated carbocycles. The summed E-state index contributed by atoms with van der Waals surface area (Å²) >= 11 is 7.27. The summed E-state index contributed by atoms with van der Waals surface area (Å²) in [7, 11) is 1.47. The van der Waals surface area contributed by atoms with Crippen LogP contribution in [0.3, 0.4) is 0 Å². The van der Waals surface area contributed by atoms with Crippen molar-refractivity contribution in [2.45, 2.75) is 18.6 Å². The number of thioether (sulfide) groups is 1. The largest absolute Gasteiger partial charge is 0.384 e. The molecule has 30 heavy (non-hydrogen) atoms. The lowest BCUT2D eigenvalue weighted by atomic mass is 10.2. The topological polar surface area (TPSA) is 138 Å². The Morgan fingerprint density at radius 1 is 1.37 bits per heavy atom. The number of aromatic nitrogens is 5. The first-order chi connectivity index (χ1) is 14.3. The number of ether oxygens (including phenoxy) is 1. The highest BCUT2D eigenvalue weighted by Gasteiger charge is 2.20. The summed E-state index contributed by atoms with van der Waals surface area (Å²) < 4.78 is 7.70. The number of H-pyrrole nitrogens is 1. The van der Waals surface area contributed by atoms with Crippen LogP contribution in [-0.2, 0) is 11.3 Å². The van der Waals surface area contributed by atoms with Gasteiger partial charge < -0.3 is 10.5 Å². The van der Waals surface area contributed by atoms with E-state index in [2.05, 4.69) is 15.2 Å². The average molecular weight is 451 g/mol. The molecule has 0 spiro atoms. The predicted molar refractivity (Wildman–Crippen MR) is 114 cm³/mol. The van der Waals surface area contributed by atoms with Crippen LogP contribution in [0.15, 0.2) is 39.3 Å². The maximum Gasteiger partial charge on any atom is 0.330 e. The van der Waals surface area contributed by atoms with Crippen molar-refractivity contribution in [3.05, 3.63) is 61.5 Å². The van der Waals surface area contributed by atoms with Gasteiger partial charge in [0, 0.05) is 12.1 Å². The number of ketones is 1. The van der Waals surface area contributed by atoms with Gasteiger partial charge in [0.25, 0.3) is 5.56 Å². The maximum atomic E-state index is 12.7. The smallest absolute Gasteiger partial charge is 0.330 e. The lowest BCUT2D eigenvalue weighted by Crippen LogP contribution is -2.37. The van der Waals surface area contributed by atoms with Gasteiger partial charge in [0.1, 0.15) is 17.7 Å². The molecule has 158 valence electrons. The van der Waals surface area contributed by atoms with Crippen LogP contribution in [0.4, 0.5) is 5.82 Å². The molecule has 3 N–H and O–H groups in total. The van der Waals surface area contributed by atoms with E-state index < -0.39 is 17.0 Å². The van der Waals surface area contributed by atoms with Gasteiger partial charge in [-0.2, -0.15) is 0 Å². The lowest BCUT2D eigenvalue weighted by molar-refractivity contribution is 0.102. The first-order valence-corrected chi connectivity index (χ1v) is 10.1. The van der Waals surface area contributed by atoms with E-state index in [0.717, 1.165) is 27.6 Å². The summed E-state index contributed by atoms with van der Waals surface area (Å²) in [5, 5.41) is 8.93. The molecular formula is C18H19ClN6O4S. The van der Waals surface area contributed by atoms with Crippen LogP contribution >= 0.6 is 23.4 Å². The molecular weight excluding hydrogens is 432 g/mol. The van der Waals surface area contributed by atoms with E-state index in [1.165, 1.54) is 13.4 Å². The fourth-order valence-electron chi connectivity index (χ4n) is 2.70. The number of anilines is 1. The van der Waals surface area contributed by atoms with Gasteiger partial charge in [-0.25, -0.2) is 4.79 Å². The van der Waals surface area contributed by atoms with Crippen LogP contribution in [0.1, 0.15) is 15.9 Å². The van der Waals surface area contributed by atoms with Crippen molar-refractivity contribution < 1.29 is 9.53 Å². The second-order valence-electron chi connectivity index (χ2n) is 6.29. The molecule has 0 aliphatic carbocycles. The summed E-state index contributed by atoms with van der Waals surface area (Å²) in [6, 6.07) is 5.48. The van der Waals surface area contributed by atoms with E-state index in [0.29, 0.717) is 10.2 Å². The summed E-state index contributed by atoms with van der Waals surface area (Å²) in [5.41, 5.74) is 5.79. The summed E-state index contributed by atoms with van der Waals surface area (Å²) in [4.78, 5) is 39.0. The zero-order valence-electron chi connectivity index (χ0n) is 16.2. The highest BCUT2D eigenvalue weighted by molar-refractivity contribution is 7.99. The Morgan fingerprint density at radius 3 is 2.83 bits per heavy atom. The van der Waals surface area contributed by atoms with Crippen molar-refractivity contribution in [2.24, 2.45) is 0 Å². The zero-order chi connectivity index (χ0) is 21.8. The second kappa shape index (κ2) is 9.28. The normalized spacial score (nSPS) is 11.0. The number of hydrogen-bond acceptors (Lipinski definition) is 8. The Kier molecular flexibility index (Phi) is 6.75. The third-order valence-corrected chi connectivity index (χ3v) is 5.67. The number of nitrogen functional groups attached to an aromatic ring is 1. The third-order valence-electron chi connectivity index (χ3n) is 4.32. The molecule has 0 fully saturated rings. The van der Waals surface area contributed by atoms with E-state index in [4.69, 9.17) is 22.1 Å². The van der Waals surface area contributed by atoms with Gasteiger partial charge in [-0.15, -0.1) is 10.2 Å². The fourth-order valence-corrected chi connectivity index (χ4v) is 3.67. The van der Waals surface area contributed by atoms with Crippen molar-refractivity contribution in [2.75, 3.05) is 25.2 Å². The minimum absolute atomic E-state index is 0.105. The van der Waals surface area contributed by atoms with Gasteiger partial charge in [-0.3, -0.25) is 23.7 Å². The van der Waals surface area contributed by atoms with Crippen molar-refractivity contribution in [1.82, 2.24) is 24.3 Å². The minimum Gasteiger partial charge on any atom is -0.384 e. The number of aryl methyl sites for hydroxylation is 1. The van der Waals surface area contributed by atoms with Crippen molar-refractivity contribution >= 4 is 35.0 Å². The van der Waals surface area contributed by atoms with E-state index >= 15 is 0 Å². The maximum absolute atomic E-state index is 12.7. The van der Waals surface area contributed by atoms with Crippen molar-refractivity contribution in [1.29, 1.82) is 0 Å². The number of carbonyl (C=O) groups is 1. The summed E-state index contributed by atoms with van der Waals surface area (Å²) in [5.74, 6) is -0.867. The number of nitrogens with zero attached hydrogens (tertiary/aromatic N) is 4. The molecule has 10 nitrogen and oxygen atoms in total. The standard InChI is InChI=1S/C18H19ClN6O4S/c1-10-3-4-11(7-12(10)19)25-9-21-23-18(25)30-8-13(26)14-15(20)24(5-6-29-2)17(28)22-16(14)27/h3-4,7,9H,5-6,8,20H2,1-2H3,(H,22,27,28). The SMILES string of the molecule is COCCn1c(N)c(C(=O)CSc2nncn2-c2ccc(C)c(Cl)c2)c(=O)[nH]c1=O. The molecule has 12 heteroatoms. The van der Waals surface area contributed by atoms with Gasteiger partial charge in [0.05, 0.1) is 24.6 Å². The molecule has 0 aliphatic rings. The molecule has 0 radical (unpaired) electrons. The van der Waals surface area contributed by atoms with E-state index in [-0.39, 0.29) is 30.3 Å². The Labute approximate surface area is 180 Å². The van der Waals surface area contributed by atoms with Gasteiger partial charge >= 0.3 is 5.69 Å². The summed E-state index contributed by atoms with van der Waals surface area (Å²) in [6.45, 7) is 2.19. The van der Waals surface area contributed by atoms with Gasteiger partial charge in [-0.1, -0.05) is 29.4 Å². The molecule has 3 rings (SSSR count). The number of aromatic amines is 1. The number of Topliss-reactive ketones (excluding diaryl/α,β-unsaturated/α-hetero) is 1. The second-order valence-corrected chi connectivity index (χ2v) is 7.64. The van der Waals surface area contributed by atoms with Crippen molar-refractivity contribution in [3.8, 4) is 5.69 Å². The average Bonchev–Trinajstić information content (AvgIpc) is 3.16. The molecule has 0 atom stereocenters. The number of nitrogens with one attached hydrogen (secondary N) is 1. The number of methoxy groups -OCH3 is 1. The molecule has 0 saturated heterocycles. The quantitative estimate of drug-likeness (QED) is 0.386. The highest BCUT2D eigenvalue weighted by atomic mass is 35.5. The molecule has 0 amide bonds. The molecule has 0 aliphatic heterocycles. The first kappa shape index (κ1) is 21.8. The van der Waals surface area contributed by atoms with E-state index in [9.17, 15) is 14.4 Å². The molecule has 0 bridgehead atoms. The Bertz CT molecular complexity index is 1200. The number of rotatable bonds is 8. The van der Waals surface area contributed by atoms with Crippen LogP contribution in [0.5, 0.6) is 0 Å².